The van der Waals surface area contributed by atoms with Crippen LogP contribution in [0.25, 0.3) is 0 Å². The predicted octanol–water partition coefficient (Wildman–Crippen LogP) is 3.06. The number of carbonyl (C=O) groups is 3. The summed E-state index contributed by atoms with van der Waals surface area (Å²) < 4.78 is 0. The lowest BCUT2D eigenvalue weighted by Gasteiger charge is -2.21. The second-order valence-electron chi connectivity index (χ2n) is 6.98. The molecule has 2 aromatic rings. The van der Waals surface area contributed by atoms with Crippen molar-refractivity contribution in [3.63, 3.8) is 0 Å². The Kier molecular flexibility index (Phi) is 4.20. The molecule has 0 radical (unpaired) electrons. The van der Waals surface area contributed by atoms with E-state index >= 15 is 0 Å². The lowest BCUT2D eigenvalue weighted by atomic mass is 9.93. The smallest absolute Gasteiger partial charge is 0.262 e. The van der Waals surface area contributed by atoms with Gasteiger partial charge < -0.3 is 5.32 Å². The van der Waals surface area contributed by atoms with E-state index in [1.54, 1.807) is 24.3 Å². The van der Waals surface area contributed by atoms with Crippen molar-refractivity contribution in [1.29, 1.82) is 0 Å². The summed E-state index contributed by atoms with van der Waals surface area (Å²) in [6.07, 6.45) is 0. The minimum atomic E-state index is -0.922. The highest BCUT2D eigenvalue weighted by Crippen LogP contribution is 2.28. The highest BCUT2D eigenvalue weighted by atomic mass is 32.1. The van der Waals surface area contributed by atoms with Gasteiger partial charge in [-0.25, -0.2) is 4.98 Å². The van der Waals surface area contributed by atoms with Gasteiger partial charge in [0.1, 0.15) is 6.04 Å². The molecule has 1 aliphatic rings. The predicted molar refractivity (Wildman–Crippen MR) is 95.8 cm³/mol. The van der Waals surface area contributed by atoms with Crippen molar-refractivity contribution in [3.8, 4) is 0 Å². The molecule has 7 heteroatoms. The van der Waals surface area contributed by atoms with Crippen LogP contribution < -0.4 is 5.32 Å². The minimum Gasteiger partial charge on any atom is -0.300 e. The summed E-state index contributed by atoms with van der Waals surface area (Å²) in [5.74, 6) is -1.33. The number of rotatable bonds is 3. The maximum absolute atomic E-state index is 12.5. The summed E-state index contributed by atoms with van der Waals surface area (Å²) in [5.41, 5.74) is 1.42. The van der Waals surface area contributed by atoms with Crippen LogP contribution in [0.2, 0.25) is 0 Å². The fourth-order valence-corrected chi connectivity index (χ4v) is 3.50. The Bertz CT molecular complexity index is 831. The van der Waals surface area contributed by atoms with Gasteiger partial charge >= 0.3 is 0 Å². The third-order valence-corrected chi connectivity index (χ3v) is 4.85. The molecule has 3 amide bonds. The number of nitrogens with one attached hydrogen (secondary N) is 1. The second-order valence-corrected chi connectivity index (χ2v) is 7.84. The van der Waals surface area contributed by atoms with Crippen LogP contribution in [0.3, 0.4) is 0 Å². The van der Waals surface area contributed by atoms with Crippen LogP contribution in [-0.2, 0) is 10.2 Å². The van der Waals surface area contributed by atoms with E-state index in [1.807, 2.05) is 26.2 Å². The number of imide groups is 1. The van der Waals surface area contributed by atoms with Crippen LogP contribution in [-0.4, -0.2) is 33.6 Å². The fraction of sp³-hybridized carbons (Fsp3) is 0.333. The van der Waals surface area contributed by atoms with Gasteiger partial charge in [0, 0.05) is 10.8 Å². The Morgan fingerprint density at radius 2 is 1.72 bits per heavy atom. The zero-order valence-electron chi connectivity index (χ0n) is 14.5. The standard InChI is InChI=1S/C18H19N3O3S/c1-10(14(22)20-17-19-13(9-25-17)18(2,3)4)21-15(23)11-7-5-6-8-12(11)16(21)24/h5-10H,1-4H3,(H,19,20,22)/t10-/m1/s1. The molecular formula is C18H19N3O3S. The first kappa shape index (κ1) is 17.3. The molecule has 1 atom stereocenters. The van der Waals surface area contributed by atoms with Crippen LogP contribution in [0.1, 0.15) is 54.1 Å². The molecule has 0 saturated carbocycles. The van der Waals surface area contributed by atoms with Crippen LogP contribution >= 0.6 is 11.3 Å². The first-order chi connectivity index (χ1) is 11.7. The van der Waals surface area contributed by atoms with Gasteiger partial charge in [-0.3, -0.25) is 19.3 Å². The lowest BCUT2D eigenvalue weighted by molar-refractivity contribution is -0.119. The normalized spacial score (nSPS) is 15.3. The molecule has 0 aliphatic carbocycles. The van der Waals surface area contributed by atoms with Gasteiger partial charge in [-0.15, -0.1) is 11.3 Å². The Morgan fingerprint density at radius 3 is 2.20 bits per heavy atom. The number of carbonyl (C=O) groups excluding carboxylic acids is 3. The number of hydrogen-bond donors (Lipinski definition) is 1. The molecular weight excluding hydrogens is 338 g/mol. The molecule has 3 rings (SSSR count). The van der Waals surface area contributed by atoms with Crippen LogP contribution in [0.4, 0.5) is 5.13 Å². The molecule has 0 fully saturated rings. The van der Waals surface area contributed by atoms with Gasteiger partial charge in [-0.1, -0.05) is 32.9 Å². The van der Waals surface area contributed by atoms with Crippen molar-refractivity contribution in [3.05, 3.63) is 46.5 Å². The number of nitrogens with zero attached hydrogens (tertiary/aromatic N) is 2. The number of anilines is 1. The number of aromatic nitrogens is 1. The van der Waals surface area contributed by atoms with E-state index in [2.05, 4.69) is 10.3 Å². The van der Waals surface area contributed by atoms with Crippen molar-refractivity contribution >= 4 is 34.2 Å². The first-order valence-corrected chi connectivity index (χ1v) is 8.82. The highest BCUT2D eigenvalue weighted by molar-refractivity contribution is 7.14. The van der Waals surface area contributed by atoms with Gasteiger partial charge in [0.25, 0.3) is 11.8 Å². The third-order valence-electron chi connectivity index (χ3n) is 4.09. The zero-order chi connectivity index (χ0) is 18.4. The summed E-state index contributed by atoms with van der Waals surface area (Å²) in [4.78, 5) is 42.8. The van der Waals surface area contributed by atoms with E-state index in [-0.39, 0.29) is 5.41 Å². The van der Waals surface area contributed by atoms with Crippen molar-refractivity contribution in [2.45, 2.75) is 39.2 Å². The SMILES string of the molecule is C[C@H](C(=O)Nc1nc(C(C)(C)C)cs1)N1C(=O)c2ccccc2C1=O. The second kappa shape index (κ2) is 6.07. The Balaban J connectivity index is 1.77. The van der Waals surface area contributed by atoms with Gasteiger partial charge in [-0.2, -0.15) is 0 Å². The average Bonchev–Trinajstić information content (AvgIpc) is 3.11. The minimum absolute atomic E-state index is 0.117. The van der Waals surface area contributed by atoms with Crippen LogP contribution in [0.5, 0.6) is 0 Å². The van der Waals surface area contributed by atoms with E-state index < -0.39 is 23.8 Å². The molecule has 0 spiro atoms. The summed E-state index contributed by atoms with van der Waals surface area (Å²) in [6.45, 7) is 7.65. The number of benzene rings is 1. The molecule has 1 aromatic heterocycles. The van der Waals surface area contributed by atoms with E-state index in [4.69, 9.17) is 0 Å². The molecule has 1 N–H and O–H groups in total. The van der Waals surface area contributed by atoms with Gasteiger partial charge in [0.05, 0.1) is 16.8 Å². The first-order valence-electron chi connectivity index (χ1n) is 7.94. The van der Waals surface area contributed by atoms with E-state index in [0.717, 1.165) is 10.6 Å². The fourth-order valence-electron chi connectivity index (χ4n) is 2.56. The number of amides is 3. The van der Waals surface area contributed by atoms with Gasteiger partial charge in [0.2, 0.25) is 5.91 Å². The van der Waals surface area contributed by atoms with Crippen LogP contribution in [0, 0.1) is 0 Å². The summed E-state index contributed by atoms with van der Waals surface area (Å²) in [5, 5.41) is 5.05. The van der Waals surface area contributed by atoms with Gasteiger partial charge in [0.15, 0.2) is 5.13 Å². The van der Waals surface area contributed by atoms with E-state index in [9.17, 15) is 14.4 Å². The summed E-state index contributed by atoms with van der Waals surface area (Å²) >= 11 is 1.32. The van der Waals surface area contributed by atoms with Crippen molar-refractivity contribution in [2.75, 3.05) is 5.32 Å². The average molecular weight is 357 g/mol. The quantitative estimate of drug-likeness (QED) is 0.856. The Labute approximate surface area is 149 Å². The highest BCUT2D eigenvalue weighted by Gasteiger charge is 2.40. The molecule has 6 nitrogen and oxygen atoms in total. The molecule has 0 saturated heterocycles. The van der Waals surface area contributed by atoms with E-state index in [1.165, 1.54) is 18.3 Å². The van der Waals surface area contributed by atoms with Crippen molar-refractivity contribution in [2.24, 2.45) is 0 Å². The molecule has 0 bridgehead atoms. The monoisotopic (exact) mass is 357 g/mol. The van der Waals surface area contributed by atoms with Gasteiger partial charge in [-0.05, 0) is 19.1 Å². The Morgan fingerprint density at radius 1 is 1.16 bits per heavy atom. The van der Waals surface area contributed by atoms with Crippen molar-refractivity contribution < 1.29 is 14.4 Å². The van der Waals surface area contributed by atoms with E-state index in [0.29, 0.717) is 16.3 Å². The van der Waals surface area contributed by atoms with Crippen LogP contribution in [0.15, 0.2) is 29.6 Å². The number of fused-ring (bicyclic) bond motifs is 1. The molecule has 2 heterocycles. The molecule has 130 valence electrons. The number of hydrogen-bond acceptors (Lipinski definition) is 5. The summed E-state index contributed by atoms with van der Waals surface area (Å²) in [6, 6.07) is 5.66. The largest absolute Gasteiger partial charge is 0.300 e. The zero-order valence-corrected chi connectivity index (χ0v) is 15.3. The third kappa shape index (κ3) is 3.07. The maximum atomic E-state index is 12.5. The molecule has 0 unspecified atom stereocenters. The number of thiazole rings is 1. The molecule has 1 aromatic carbocycles. The Hall–Kier alpha value is -2.54. The topological polar surface area (TPSA) is 79.4 Å². The molecule has 25 heavy (non-hydrogen) atoms. The summed E-state index contributed by atoms with van der Waals surface area (Å²) in [7, 11) is 0. The lowest BCUT2D eigenvalue weighted by Crippen LogP contribution is -2.45. The van der Waals surface area contributed by atoms with Crippen molar-refractivity contribution in [1.82, 2.24) is 9.88 Å². The maximum Gasteiger partial charge on any atom is 0.262 e. The molecule has 1 aliphatic heterocycles.